The van der Waals surface area contributed by atoms with E-state index < -0.39 is 0 Å². The van der Waals surface area contributed by atoms with Gasteiger partial charge in [0.15, 0.2) is 0 Å². The van der Waals surface area contributed by atoms with Gasteiger partial charge in [0, 0.05) is 37.4 Å². The van der Waals surface area contributed by atoms with Gasteiger partial charge in [0.1, 0.15) is 5.69 Å². The third-order valence-electron chi connectivity index (χ3n) is 4.40. The molecule has 4 rings (SSSR count). The Balaban J connectivity index is 1.28. The second-order valence-corrected chi connectivity index (χ2v) is 7.69. The highest BCUT2D eigenvalue weighted by Gasteiger charge is 2.51. The van der Waals surface area contributed by atoms with Crippen molar-refractivity contribution in [1.82, 2.24) is 19.9 Å². The van der Waals surface area contributed by atoms with Crippen LogP contribution < -0.4 is 0 Å². The van der Waals surface area contributed by atoms with E-state index in [-0.39, 0.29) is 16.8 Å². The monoisotopic (exact) mass is 342 g/mol. The molecule has 124 valence electrons. The lowest BCUT2D eigenvalue weighted by atomic mass is 9.92. The van der Waals surface area contributed by atoms with E-state index >= 15 is 0 Å². The molecule has 1 amide bonds. The van der Waals surface area contributed by atoms with Crippen LogP contribution in [-0.4, -0.2) is 55.5 Å². The molecule has 0 radical (unpaired) electrons. The molecule has 0 aliphatic carbocycles. The van der Waals surface area contributed by atoms with Crippen LogP contribution in [0.4, 0.5) is 0 Å². The molecule has 24 heavy (non-hydrogen) atoms. The number of aromatic nitrogens is 3. The van der Waals surface area contributed by atoms with Crippen molar-refractivity contribution < 1.29 is 9.53 Å². The minimum atomic E-state index is -0.0350. The number of nitrogens with zero attached hydrogens (tertiary/aromatic N) is 4. The predicted octanol–water partition coefficient (Wildman–Crippen LogP) is 1.79. The number of amides is 1. The molecular weight excluding hydrogens is 324 g/mol. The average Bonchev–Trinajstić information content (AvgIpc) is 3.04. The van der Waals surface area contributed by atoms with Crippen LogP contribution >= 0.6 is 11.8 Å². The molecule has 1 atom stereocenters. The third kappa shape index (κ3) is 3.14. The third-order valence-corrected chi connectivity index (χ3v) is 5.97. The summed E-state index contributed by atoms with van der Waals surface area (Å²) in [6, 6.07) is 5.85. The van der Waals surface area contributed by atoms with Gasteiger partial charge in [-0.3, -0.25) is 14.8 Å². The number of hydrogen-bond acceptors (Lipinski definition) is 6. The molecule has 2 aromatic rings. The molecule has 7 heteroatoms. The van der Waals surface area contributed by atoms with Crippen molar-refractivity contribution in [3.8, 4) is 0 Å². The Hall–Kier alpha value is -1.99. The van der Waals surface area contributed by atoms with E-state index in [4.69, 9.17) is 4.74 Å². The summed E-state index contributed by atoms with van der Waals surface area (Å²) in [5, 5.41) is 0. The van der Waals surface area contributed by atoms with Gasteiger partial charge >= 0.3 is 0 Å². The Morgan fingerprint density at radius 2 is 2.21 bits per heavy atom. The van der Waals surface area contributed by atoms with E-state index in [0.29, 0.717) is 12.3 Å². The molecule has 0 saturated carbocycles. The quantitative estimate of drug-likeness (QED) is 0.844. The fraction of sp³-hybridized carbons (Fsp3) is 0.412. The fourth-order valence-corrected chi connectivity index (χ4v) is 4.73. The maximum Gasteiger partial charge on any atom is 0.274 e. The first-order valence-electron chi connectivity index (χ1n) is 7.95. The summed E-state index contributed by atoms with van der Waals surface area (Å²) >= 11 is 1.92. The first-order valence-corrected chi connectivity index (χ1v) is 8.93. The van der Waals surface area contributed by atoms with Crippen LogP contribution in [0.3, 0.4) is 0 Å². The zero-order chi connectivity index (χ0) is 16.4. The minimum Gasteiger partial charge on any atom is -0.371 e. The molecule has 0 N–H and O–H groups in total. The topological polar surface area (TPSA) is 68.2 Å². The van der Waals surface area contributed by atoms with Crippen molar-refractivity contribution in [3.63, 3.8) is 0 Å². The van der Waals surface area contributed by atoms with Gasteiger partial charge in [0.2, 0.25) is 0 Å². The number of pyridine rings is 1. The summed E-state index contributed by atoms with van der Waals surface area (Å²) in [6.45, 7) is 2.07. The number of likely N-dealkylation sites (tertiary alicyclic amines) is 1. The summed E-state index contributed by atoms with van der Waals surface area (Å²) in [7, 11) is 0. The van der Waals surface area contributed by atoms with Crippen molar-refractivity contribution in [2.24, 2.45) is 0 Å². The molecular formula is C17H18N4O2S. The zero-order valence-corrected chi connectivity index (χ0v) is 14.0. The Morgan fingerprint density at radius 3 is 2.96 bits per heavy atom. The normalized spacial score (nSPS) is 21.7. The van der Waals surface area contributed by atoms with Gasteiger partial charge in [0.25, 0.3) is 5.91 Å². The van der Waals surface area contributed by atoms with Crippen LogP contribution in [0.2, 0.25) is 0 Å². The van der Waals surface area contributed by atoms with Crippen molar-refractivity contribution in [1.29, 1.82) is 0 Å². The van der Waals surface area contributed by atoms with Gasteiger partial charge in [-0.2, -0.15) is 0 Å². The van der Waals surface area contributed by atoms with E-state index in [1.54, 1.807) is 18.6 Å². The number of carbonyl (C=O) groups excluding carboxylic acids is 1. The average molecular weight is 342 g/mol. The number of hydrogen-bond donors (Lipinski definition) is 0. The minimum absolute atomic E-state index is 0.0350. The molecule has 0 aromatic carbocycles. The molecule has 4 heterocycles. The Kier molecular flexibility index (Phi) is 4.20. The van der Waals surface area contributed by atoms with Crippen LogP contribution in [0, 0.1) is 0 Å². The second-order valence-electron chi connectivity index (χ2n) is 6.20. The maximum absolute atomic E-state index is 12.3. The maximum atomic E-state index is 12.3. The molecule has 6 nitrogen and oxygen atoms in total. The predicted molar refractivity (Wildman–Crippen MR) is 90.6 cm³/mol. The van der Waals surface area contributed by atoms with Crippen molar-refractivity contribution in [3.05, 3.63) is 54.4 Å². The summed E-state index contributed by atoms with van der Waals surface area (Å²) in [5.41, 5.74) is 1.37. The first kappa shape index (κ1) is 15.5. The number of carbonyl (C=O) groups is 1. The molecule has 2 saturated heterocycles. The molecule has 2 aromatic heterocycles. The molecule has 2 aliphatic rings. The molecule has 2 aliphatic heterocycles. The van der Waals surface area contributed by atoms with Crippen LogP contribution in [0.5, 0.6) is 0 Å². The van der Waals surface area contributed by atoms with E-state index in [1.807, 2.05) is 34.9 Å². The largest absolute Gasteiger partial charge is 0.371 e. The first-order chi connectivity index (χ1) is 11.7. The van der Waals surface area contributed by atoms with Gasteiger partial charge in [-0.15, -0.1) is 11.8 Å². The Morgan fingerprint density at radius 1 is 1.29 bits per heavy atom. The van der Waals surface area contributed by atoms with Crippen molar-refractivity contribution >= 4 is 17.7 Å². The highest BCUT2D eigenvalue weighted by atomic mass is 32.2. The SMILES string of the molecule is O=C(c1cnccn1)N1CC2(C[C@H](OCc3ccccn3)CS2)C1. The summed E-state index contributed by atoms with van der Waals surface area (Å²) < 4.78 is 6.14. The lowest BCUT2D eigenvalue weighted by Gasteiger charge is -2.47. The van der Waals surface area contributed by atoms with Crippen LogP contribution in [0.25, 0.3) is 0 Å². The van der Waals surface area contributed by atoms with Crippen LogP contribution in [0.1, 0.15) is 22.6 Å². The lowest BCUT2D eigenvalue weighted by molar-refractivity contribution is 0.0243. The smallest absolute Gasteiger partial charge is 0.274 e. The molecule has 1 spiro atoms. The zero-order valence-electron chi connectivity index (χ0n) is 13.2. The molecule has 2 fully saturated rings. The van der Waals surface area contributed by atoms with Gasteiger partial charge in [-0.25, -0.2) is 4.98 Å². The fourth-order valence-electron chi connectivity index (χ4n) is 3.18. The van der Waals surface area contributed by atoms with Gasteiger partial charge in [-0.1, -0.05) is 6.07 Å². The summed E-state index contributed by atoms with van der Waals surface area (Å²) in [4.78, 5) is 26.5. The summed E-state index contributed by atoms with van der Waals surface area (Å²) in [6.07, 6.45) is 7.64. The highest BCUT2D eigenvalue weighted by molar-refractivity contribution is 8.01. The van der Waals surface area contributed by atoms with E-state index in [0.717, 1.165) is 31.0 Å². The molecule has 0 bridgehead atoms. The van der Waals surface area contributed by atoms with E-state index in [9.17, 15) is 4.79 Å². The van der Waals surface area contributed by atoms with Gasteiger partial charge in [0.05, 0.1) is 29.3 Å². The van der Waals surface area contributed by atoms with Crippen molar-refractivity contribution in [2.75, 3.05) is 18.8 Å². The van der Waals surface area contributed by atoms with Crippen LogP contribution in [-0.2, 0) is 11.3 Å². The van der Waals surface area contributed by atoms with Crippen molar-refractivity contribution in [2.45, 2.75) is 23.9 Å². The second kappa shape index (κ2) is 6.49. The Bertz CT molecular complexity index is 707. The lowest BCUT2D eigenvalue weighted by Crippen LogP contribution is -2.60. The van der Waals surface area contributed by atoms with Crippen LogP contribution in [0.15, 0.2) is 43.0 Å². The van der Waals surface area contributed by atoms with Gasteiger partial charge in [-0.05, 0) is 18.6 Å². The number of rotatable bonds is 4. The highest BCUT2D eigenvalue weighted by Crippen LogP contribution is 2.46. The number of ether oxygens (including phenoxy) is 1. The van der Waals surface area contributed by atoms with E-state index in [1.165, 1.54) is 6.20 Å². The molecule has 0 unspecified atom stereocenters. The Labute approximate surface area is 144 Å². The number of thioether (sulfide) groups is 1. The van der Waals surface area contributed by atoms with E-state index in [2.05, 4.69) is 15.0 Å². The van der Waals surface area contributed by atoms with Gasteiger partial charge < -0.3 is 9.64 Å². The standard InChI is InChI=1S/C17H18N4O2S/c22-16(15-8-18-5-6-20-15)21-11-17(12-21)7-14(10-24-17)23-9-13-3-1-2-4-19-13/h1-6,8,14H,7,9-12H2/t14-/m0/s1. The summed E-state index contributed by atoms with van der Waals surface area (Å²) in [5.74, 6) is 0.937.